The summed E-state index contributed by atoms with van der Waals surface area (Å²) in [7, 11) is 0. The molecule has 4 aromatic carbocycles. The lowest BCUT2D eigenvalue weighted by Gasteiger charge is -2.22. The van der Waals surface area contributed by atoms with E-state index in [1.807, 2.05) is 0 Å². The summed E-state index contributed by atoms with van der Waals surface area (Å²) in [6.07, 6.45) is 0. The zero-order valence-corrected chi connectivity index (χ0v) is 17.2. The van der Waals surface area contributed by atoms with E-state index in [1.165, 1.54) is 0 Å². The van der Waals surface area contributed by atoms with Crippen molar-refractivity contribution in [1.29, 1.82) is 0 Å². The average molecular weight is 429 g/mol. The first-order valence-corrected chi connectivity index (χ1v) is 10.5. The first kappa shape index (κ1) is 19.1. The first-order valence-electron chi connectivity index (χ1n) is 10.5. The van der Waals surface area contributed by atoms with Gasteiger partial charge >= 0.3 is 0 Å². The highest BCUT2D eigenvalue weighted by Crippen LogP contribution is 2.35. The van der Waals surface area contributed by atoms with Crippen LogP contribution in [-0.4, -0.2) is 23.1 Å². The van der Waals surface area contributed by atoms with Crippen LogP contribution in [0.15, 0.2) is 84.9 Å². The topological polar surface area (TPSA) is 80.3 Å². The van der Waals surface area contributed by atoms with Crippen molar-refractivity contribution in [3.63, 3.8) is 0 Å². The Labute approximate surface area is 188 Å². The standard InChI is InChI=1S/C28H15NO4/c30-25-16-6-1-2-7-17(16)27(32)22-14-15(12-13-20(22)25)29-23-11-5-10-21-24(23)28(33)19-9-4-3-8-18(19)26(21)31/h1-14,29H. The zero-order chi connectivity index (χ0) is 22.7. The molecule has 5 nitrogen and oxygen atoms in total. The molecular formula is C28H15NO4. The molecular weight excluding hydrogens is 414 g/mol. The Morgan fingerprint density at radius 1 is 0.424 bits per heavy atom. The van der Waals surface area contributed by atoms with Crippen molar-refractivity contribution < 1.29 is 19.2 Å². The molecule has 0 radical (unpaired) electrons. The average Bonchev–Trinajstić information content (AvgIpc) is 2.86. The largest absolute Gasteiger partial charge is 0.355 e. The molecule has 0 spiro atoms. The fourth-order valence-corrected chi connectivity index (χ4v) is 4.58. The van der Waals surface area contributed by atoms with Crippen molar-refractivity contribution in [2.75, 3.05) is 5.32 Å². The second-order valence-corrected chi connectivity index (χ2v) is 8.02. The van der Waals surface area contributed by atoms with Gasteiger partial charge in [0.15, 0.2) is 23.1 Å². The Bertz CT molecular complexity index is 1560. The van der Waals surface area contributed by atoms with Crippen molar-refractivity contribution in [3.05, 3.63) is 129 Å². The van der Waals surface area contributed by atoms with Crippen LogP contribution in [0.4, 0.5) is 11.4 Å². The molecule has 1 N–H and O–H groups in total. The quantitative estimate of drug-likeness (QED) is 0.420. The minimum Gasteiger partial charge on any atom is -0.355 e. The summed E-state index contributed by atoms with van der Waals surface area (Å²) in [6, 6.07) is 23.5. The van der Waals surface area contributed by atoms with Gasteiger partial charge in [0.25, 0.3) is 0 Å². The van der Waals surface area contributed by atoms with Crippen LogP contribution in [0.1, 0.15) is 63.7 Å². The molecule has 6 rings (SSSR count). The molecule has 2 aliphatic carbocycles. The zero-order valence-electron chi connectivity index (χ0n) is 17.2. The van der Waals surface area contributed by atoms with Gasteiger partial charge in [0.1, 0.15) is 0 Å². The van der Waals surface area contributed by atoms with E-state index in [4.69, 9.17) is 0 Å². The minimum atomic E-state index is -0.235. The SMILES string of the molecule is O=C1c2ccccc2C(=O)c2cc(Nc3cccc4c3C(=O)c3ccccc3C4=O)ccc21. The molecule has 0 aliphatic heterocycles. The van der Waals surface area contributed by atoms with Crippen molar-refractivity contribution >= 4 is 34.5 Å². The third-order valence-corrected chi connectivity index (χ3v) is 6.16. The van der Waals surface area contributed by atoms with E-state index in [0.717, 1.165) is 0 Å². The van der Waals surface area contributed by atoms with Gasteiger partial charge in [-0.05, 0) is 24.3 Å². The number of carbonyl (C=O) groups is 4. The van der Waals surface area contributed by atoms with E-state index in [9.17, 15) is 19.2 Å². The third-order valence-electron chi connectivity index (χ3n) is 6.16. The third kappa shape index (κ3) is 2.72. The van der Waals surface area contributed by atoms with Crippen LogP contribution in [0.25, 0.3) is 0 Å². The summed E-state index contributed by atoms with van der Waals surface area (Å²) in [5.41, 5.74) is 3.83. The van der Waals surface area contributed by atoms with Gasteiger partial charge in [0.2, 0.25) is 0 Å². The highest BCUT2D eigenvalue weighted by molar-refractivity contribution is 6.30. The molecule has 0 fully saturated rings. The molecule has 0 unspecified atom stereocenters. The maximum absolute atomic E-state index is 13.2. The van der Waals surface area contributed by atoms with Crippen LogP contribution < -0.4 is 5.32 Å². The molecule has 4 aromatic rings. The highest BCUT2D eigenvalue weighted by atomic mass is 16.1. The van der Waals surface area contributed by atoms with Crippen molar-refractivity contribution in [2.24, 2.45) is 0 Å². The van der Waals surface area contributed by atoms with E-state index < -0.39 is 0 Å². The number of hydrogen-bond donors (Lipinski definition) is 1. The van der Waals surface area contributed by atoms with E-state index in [1.54, 1.807) is 84.9 Å². The second-order valence-electron chi connectivity index (χ2n) is 8.02. The molecule has 33 heavy (non-hydrogen) atoms. The molecule has 0 atom stereocenters. The number of rotatable bonds is 2. The summed E-state index contributed by atoms with van der Waals surface area (Å²) in [4.78, 5) is 52.1. The van der Waals surface area contributed by atoms with Crippen LogP contribution in [0.2, 0.25) is 0 Å². The van der Waals surface area contributed by atoms with Crippen molar-refractivity contribution in [3.8, 4) is 0 Å². The van der Waals surface area contributed by atoms with Gasteiger partial charge in [-0.3, -0.25) is 19.2 Å². The van der Waals surface area contributed by atoms with E-state index in [0.29, 0.717) is 55.9 Å². The summed E-state index contributed by atoms with van der Waals surface area (Å²) >= 11 is 0. The lowest BCUT2D eigenvalue weighted by Crippen LogP contribution is -2.22. The summed E-state index contributed by atoms with van der Waals surface area (Å²) in [6.45, 7) is 0. The van der Waals surface area contributed by atoms with Crippen LogP contribution in [0.3, 0.4) is 0 Å². The van der Waals surface area contributed by atoms with Crippen LogP contribution >= 0.6 is 0 Å². The van der Waals surface area contributed by atoms with Gasteiger partial charge in [0.05, 0.1) is 11.3 Å². The normalized spacial score (nSPS) is 13.7. The minimum absolute atomic E-state index is 0.193. The predicted octanol–water partition coefficient (Wildman–Crippen LogP) is 4.98. The molecule has 0 heterocycles. The number of fused-ring (bicyclic) bond motifs is 4. The number of anilines is 2. The van der Waals surface area contributed by atoms with Gasteiger partial charge in [-0.1, -0.05) is 60.7 Å². The van der Waals surface area contributed by atoms with Gasteiger partial charge in [-0.2, -0.15) is 0 Å². The van der Waals surface area contributed by atoms with E-state index >= 15 is 0 Å². The van der Waals surface area contributed by atoms with Crippen molar-refractivity contribution in [1.82, 2.24) is 0 Å². The first-order chi connectivity index (χ1) is 16.0. The van der Waals surface area contributed by atoms with E-state index in [2.05, 4.69) is 5.32 Å². The van der Waals surface area contributed by atoms with Crippen LogP contribution in [-0.2, 0) is 0 Å². The maximum atomic E-state index is 13.2. The summed E-state index contributed by atoms with van der Waals surface area (Å²) in [5, 5.41) is 3.19. The Hall–Kier alpha value is -4.64. The van der Waals surface area contributed by atoms with Crippen molar-refractivity contribution in [2.45, 2.75) is 0 Å². The Morgan fingerprint density at radius 2 is 0.909 bits per heavy atom. The monoisotopic (exact) mass is 429 g/mol. The lowest BCUT2D eigenvalue weighted by atomic mass is 9.83. The van der Waals surface area contributed by atoms with Crippen LogP contribution in [0.5, 0.6) is 0 Å². The fourth-order valence-electron chi connectivity index (χ4n) is 4.58. The number of carbonyl (C=O) groups excluding carboxylic acids is 4. The molecule has 0 aromatic heterocycles. The van der Waals surface area contributed by atoms with Gasteiger partial charge in [-0.15, -0.1) is 0 Å². The molecule has 0 saturated carbocycles. The summed E-state index contributed by atoms with van der Waals surface area (Å²) < 4.78 is 0. The van der Waals surface area contributed by atoms with Gasteiger partial charge in [-0.25, -0.2) is 0 Å². The highest BCUT2D eigenvalue weighted by Gasteiger charge is 2.32. The molecule has 2 aliphatic rings. The van der Waals surface area contributed by atoms with Gasteiger partial charge in [0, 0.05) is 44.6 Å². The molecule has 0 bridgehead atoms. The smallest absolute Gasteiger partial charge is 0.196 e. The molecule has 5 heteroatoms. The van der Waals surface area contributed by atoms with E-state index in [-0.39, 0.29) is 23.1 Å². The predicted molar refractivity (Wildman–Crippen MR) is 123 cm³/mol. The molecule has 156 valence electrons. The van der Waals surface area contributed by atoms with Gasteiger partial charge < -0.3 is 5.32 Å². The maximum Gasteiger partial charge on any atom is 0.196 e. The number of hydrogen-bond acceptors (Lipinski definition) is 5. The number of nitrogens with one attached hydrogen (secondary N) is 1. The molecule has 0 saturated heterocycles. The Morgan fingerprint density at radius 3 is 1.55 bits per heavy atom. The lowest BCUT2D eigenvalue weighted by molar-refractivity contribution is 0.0979. The fraction of sp³-hybridized carbons (Fsp3) is 0. The summed E-state index contributed by atoms with van der Waals surface area (Å²) in [5.74, 6) is -0.853. The second kappa shape index (κ2) is 6.93. The Kier molecular flexibility index (Phi) is 4.01. The van der Waals surface area contributed by atoms with Crippen LogP contribution in [0, 0.1) is 0 Å². The number of benzene rings is 4. The molecule has 0 amide bonds. The Balaban J connectivity index is 1.43. The number of ketones is 4.